The number of methoxy groups -OCH3 is 2. The van der Waals surface area contributed by atoms with Crippen molar-refractivity contribution in [3.05, 3.63) is 53.9 Å². The molecule has 7 heteroatoms. The van der Waals surface area contributed by atoms with E-state index in [0.717, 1.165) is 30.5 Å². The first-order chi connectivity index (χ1) is 13.7. The van der Waals surface area contributed by atoms with Gasteiger partial charge in [-0.3, -0.25) is 14.6 Å². The minimum absolute atomic E-state index is 0.194. The normalized spacial score (nSPS) is 11.7. The Hall–Kier alpha value is -2.64. The van der Waals surface area contributed by atoms with E-state index < -0.39 is 0 Å². The predicted octanol–water partition coefficient (Wildman–Crippen LogP) is 3.00. The van der Waals surface area contributed by atoms with Crippen LogP contribution in [0.3, 0.4) is 0 Å². The number of nitrogens with one attached hydrogen (secondary N) is 2. The maximum atomic E-state index is 12.5. The molecule has 1 atom stereocenters. The zero-order chi connectivity index (χ0) is 20.2. The van der Waals surface area contributed by atoms with E-state index in [1.165, 1.54) is 0 Å². The highest BCUT2D eigenvalue weighted by Crippen LogP contribution is 2.24. The van der Waals surface area contributed by atoms with Gasteiger partial charge in [-0.25, -0.2) is 5.48 Å². The second-order valence-corrected chi connectivity index (χ2v) is 6.33. The number of ether oxygens (including phenoxy) is 2. The van der Waals surface area contributed by atoms with Crippen LogP contribution in [0.1, 0.15) is 37.4 Å². The molecule has 152 valence electrons. The highest BCUT2D eigenvalue weighted by atomic mass is 16.7. The van der Waals surface area contributed by atoms with Crippen molar-refractivity contribution in [2.45, 2.75) is 45.4 Å². The smallest absolute Gasteiger partial charge is 0.260 e. The summed E-state index contributed by atoms with van der Waals surface area (Å²) in [7, 11) is 3.18. The summed E-state index contributed by atoms with van der Waals surface area (Å²) in [6.07, 6.45) is 4.42. The molecule has 2 N–H and O–H groups in total. The van der Waals surface area contributed by atoms with Gasteiger partial charge in [0.05, 0.1) is 26.0 Å². The molecule has 0 fully saturated rings. The Morgan fingerprint density at radius 2 is 2.04 bits per heavy atom. The van der Waals surface area contributed by atoms with Gasteiger partial charge in [-0.05, 0) is 30.7 Å². The summed E-state index contributed by atoms with van der Waals surface area (Å²) in [5, 5.41) is 3.26. The largest absolute Gasteiger partial charge is 0.497 e. The van der Waals surface area contributed by atoms with Crippen LogP contribution in [0.25, 0.3) is 0 Å². The van der Waals surface area contributed by atoms with E-state index in [-0.39, 0.29) is 18.6 Å². The summed E-state index contributed by atoms with van der Waals surface area (Å²) in [4.78, 5) is 22.3. The molecule has 28 heavy (non-hydrogen) atoms. The van der Waals surface area contributed by atoms with Crippen LogP contribution in [0, 0.1) is 0 Å². The monoisotopic (exact) mass is 387 g/mol. The van der Waals surface area contributed by atoms with E-state index in [4.69, 9.17) is 14.3 Å². The van der Waals surface area contributed by atoms with Gasteiger partial charge in [-0.15, -0.1) is 0 Å². The van der Waals surface area contributed by atoms with Gasteiger partial charge in [-0.2, -0.15) is 0 Å². The van der Waals surface area contributed by atoms with Gasteiger partial charge in [-0.1, -0.05) is 25.8 Å². The van der Waals surface area contributed by atoms with Crippen molar-refractivity contribution in [1.29, 1.82) is 0 Å². The highest BCUT2D eigenvalue weighted by Gasteiger charge is 2.18. The van der Waals surface area contributed by atoms with Gasteiger partial charge in [0.2, 0.25) is 0 Å². The molecule has 0 aliphatic carbocycles. The molecule has 2 rings (SSSR count). The molecule has 1 aromatic carbocycles. The Kier molecular flexibility index (Phi) is 9.24. The molecule has 0 bridgehead atoms. The lowest BCUT2D eigenvalue weighted by molar-refractivity contribution is -0.137. The molecular formula is C21H29N3O4. The Labute approximate surface area is 166 Å². The molecule has 0 aliphatic heterocycles. The van der Waals surface area contributed by atoms with Crippen molar-refractivity contribution >= 4 is 5.91 Å². The quantitative estimate of drug-likeness (QED) is 0.545. The SMILES string of the molecule is CCCCC(NCc1ccccn1)C(=O)NOCc1ccc(OC)cc1OC. The zero-order valence-electron chi connectivity index (χ0n) is 16.7. The molecule has 0 saturated heterocycles. The lowest BCUT2D eigenvalue weighted by atomic mass is 10.1. The molecule has 1 heterocycles. The molecule has 7 nitrogen and oxygen atoms in total. The number of rotatable bonds is 12. The van der Waals surface area contributed by atoms with E-state index in [0.29, 0.717) is 18.0 Å². The van der Waals surface area contributed by atoms with E-state index >= 15 is 0 Å². The number of hydrogen-bond donors (Lipinski definition) is 2. The van der Waals surface area contributed by atoms with Gasteiger partial charge in [0.25, 0.3) is 5.91 Å². The summed E-state index contributed by atoms with van der Waals surface area (Å²) in [6.45, 7) is 2.81. The van der Waals surface area contributed by atoms with Crippen LogP contribution in [0.15, 0.2) is 42.6 Å². The molecule has 1 aromatic heterocycles. The molecule has 0 aliphatic rings. The third-order valence-corrected chi connectivity index (χ3v) is 4.31. The molecule has 0 saturated carbocycles. The van der Waals surface area contributed by atoms with E-state index in [1.807, 2.05) is 30.3 Å². The number of nitrogens with zero attached hydrogens (tertiary/aromatic N) is 1. The van der Waals surface area contributed by atoms with Crippen LogP contribution >= 0.6 is 0 Å². The topological polar surface area (TPSA) is 81.7 Å². The van der Waals surface area contributed by atoms with Gasteiger partial charge < -0.3 is 14.8 Å². The fourth-order valence-corrected chi connectivity index (χ4v) is 2.69. The lowest BCUT2D eigenvalue weighted by Gasteiger charge is -2.18. The van der Waals surface area contributed by atoms with Crippen molar-refractivity contribution in [2.75, 3.05) is 14.2 Å². The summed E-state index contributed by atoms with van der Waals surface area (Å²) in [6, 6.07) is 10.8. The number of unbranched alkanes of at least 4 members (excludes halogenated alkanes) is 1. The molecular weight excluding hydrogens is 358 g/mol. The molecule has 1 unspecified atom stereocenters. The second kappa shape index (κ2) is 11.9. The highest BCUT2D eigenvalue weighted by molar-refractivity contribution is 5.80. The second-order valence-electron chi connectivity index (χ2n) is 6.33. The number of carbonyl (C=O) groups is 1. The van der Waals surface area contributed by atoms with Gasteiger partial charge in [0.1, 0.15) is 18.1 Å². The van der Waals surface area contributed by atoms with Crippen LogP contribution in [-0.4, -0.2) is 31.2 Å². The van der Waals surface area contributed by atoms with Gasteiger partial charge >= 0.3 is 0 Å². The fraction of sp³-hybridized carbons (Fsp3) is 0.429. The number of amides is 1. The van der Waals surface area contributed by atoms with Crippen LogP contribution < -0.4 is 20.3 Å². The fourth-order valence-electron chi connectivity index (χ4n) is 2.69. The van der Waals surface area contributed by atoms with Crippen molar-refractivity contribution in [3.8, 4) is 11.5 Å². The first kappa shape index (κ1) is 21.7. The Balaban J connectivity index is 1.88. The number of hydrogen-bond acceptors (Lipinski definition) is 6. The van der Waals surface area contributed by atoms with Crippen molar-refractivity contribution < 1.29 is 19.1 Å². The Bertz CT molecular complexity index is 725. The average molecular weight is 387 g/mol. The first-order valence-corrected chi connectivity index (χ1v) is 9.43. The maximum Gasteiger partial charge on any atom is 0.260 e. The van der Waals surface area contributed by atoms with Crippen LogP contribution in [0.5, 0.6) is 11.5 Å². The summed E-state index contributed by atoms with van der Waals surface area (Å²) in [5.74, 6) is 1.14. The van der Waals surface area contributed by atoms with Gasteiger partial charge in [0, 0.05) is 24.4 Å². The molecule has 0 radical (unpaired) electrons. The predicted molar refractivity (Wildman–Crippen MR) is 107 cm³/mol. The molecule has 2 aromatic rings. The summed E-state index contributed by atoms with van der Waals surface area (Å²) in [5.41, 5.74) is 4.25. The van der Waals surface area contributed by atoms with Crippen molar-refractivity contribution in [2.24, 2.45) is 0 Å². The molecule has 0 spiro atoms. The standard InChI is InChI=1S/C21H29N3O4/c1-4-5-9-19(23-14-17-8-6-7-12-22-17)21(25)24-28-15-16-10-11-18(26-2)13-20(16)27-3/h6-8,10-13,19,23H,4-5,9,14-15H2,1-3H3,(H,24,25). The first-order valence-electron chi connectivity index (χ1n) is 9.43. The number of carbonyl (C=O) groups excluding carboxylic acids is 1. The minimum Gasteiger partial charge on any atom is -0.497 e. The Morgan fingerprint density at radius 1 is 1.18 bits per heavy atom. The summed E-state index contributed by atoms with van der Waals surface area (Å²) < 4.78 is 10.5. The minimum atomic E-state index is -0.347. The van der Waals surface area contributed by atoms with Crippen molar-refractivity contribution in [1.82, 2.24) is 15.8 Å². The van der Waals surface area contributed by atoms with Crippen LogP contribution in [0.4, 0.5) is 0 Å². The average Bonchev–Trinajstić information content (AvgIpc) is 2.74. The maximum absolute atomic E-state index is 12.5. The van der Waals surface area contributed by atoms with E-state index in [1.54, 1.807) is 26.5 Å². The number of pyridine rings is 1. The number of aromatic nitrogens is 1. The third kappa shape index (κ3) is 6.83. The number of hydroxylamine groups is 1. The van der Waals surface area contributed by atoms with E-state index in [2.05, 4.69) is 22.7 Å². The third-order valence-electron chi connectivity index (χ3n) is 4.31. The zero-order valence-corrected chi connectivity index (χ0v) is 16.7. The van der Waals surface area contributed by atoms with Crippen LogP contribution in [0.2, 0.25) is 0 Å². The van der Waals surface area contributed by atoms with Crippen molar-refractivity contribution in [3.63, 3.8) is 0 Å². The lowest BCUT2D eigenvalue weighted by Crippen LogP contribution is -2.43. The van der Waals surface area contributed by atoms with E-state index in [9.17, 15) is 4.79 Å². The Morgan fingerprint density at radius 3 is 2.71 bits per heavy atom. The van der Waals surface area contributed by atoms with Crippen LogP contribution in [-0.2, 0) is 22.8 Å². The van der Waals surface area contributed by atoms with Gasteiger partial charge in [0.15, 0.2) is 0 Å². The summed E-state index contributed by atoms with van der Waals surface area (Å²) >= 11 is 0. The molecule has 1 amide bonds. The number of benzene rings is 1.